The third-order valence-corrected chi connectivity index (χ3v) is 3.09. The molecular formula is C13H23N5O. The predicted octanol–water partition coefficient (Wildman–Crippen LogP) is 0.723. The van der Waals surface area contributed by atoms with Gasteiger partial charge in [0, 0.05) is 38.8 Å². The van der Waals surface area contributed by atoms with E-state index in [4.69, 9.17) is 4.74 Å². The first kappa shape index (κ1) is 14.0. The molecule has 0 aromatic carbocycles. The van der Waals surface area contributed by atoms with Crippen molar-refractivity contribution in [1.29, 1.82) is 0 Å². The number of nitrogens with one attached hydrogen (secondary N) is 2. The van der Waals surface area contributed by atoms with Crippen molar-refractivity contribution in [2.75, 3.05) is 50.1 Å². The summed E-state index contributed by atoms with van der Waals surface area (Å²) in [6.07, 6.45) is 2.69. The third kappa shape index (κ3) is 4.33. The molecule has 1 aliphatic rings. The third-order valence-electron chi connectivity index (χ3n) is 3.09. The second-order valence-corrected chi connectivity index (χ2v) is 4.79. The van der Waals surface area contributed by atoms with Crippen LogP contribution in [0.5, 0.6) is 0 Å². The molecule has 1 unspecified atom stereocenters. The standard InChI is InChI=1S/C13H23N5O/c1-3-4-15-12-7-13(17-10-16-12)18(2)8-11-9-19-6-5-14-11/h7,10-11,14H,3-6,8-9H2,1-2H3,(H,15,16,17). The van der Waals surface area contributed by atoms with Crippen LogP contribution in [0.2, 0.25) is 0 Å². The van der Waals surface area contributed by atoms with Gasteiger partial charge in [0.15, 0.2) is 0 Å². The lowest BCUT2D eigenvalue weighted by Crippen LogP contribution is -2.47. The molecule has 2 rings (SSSR count). The summed E-state index contributed by atoms with van der Waals surface area (Å²) in [7, 11) is 2.04. The fraction of sp³-hybridized carbons (Fsp3) is 0.692. The van der Waals surface area contributed by atoms with E-state index >= 15 is 0 Å². The van der Waals surface area contributed by atoms with Crippen LogP contribution in [-0.4, -0.2) is 55.9 Å². The van der Waals surface area contributed by atoms with E-state index in [1.807, 2.05) is 13.1 Å². The topological polar surface area (TPSA) is 62.3 Å². The lowest BCUT2D eigenvalue weighted by atomic mass is 10.2. The smallest absolute Gasteiger partial charge is 0.133 e. The molecule has 0 aliphatic carbocycles. The first-order valence-electron chi connectivity index (χ1n) is 6.87. The first-order valence-corrected chi connectivity index (χ1v) is 6.87. The second kappa shape index (κ2) is 7.25. The average Bonchev–Trinajstić information content (AvgIpc) is 2.46. The Morgan fingerprint density at radius 3 is 3.16 bits per heavy atom. The van der Waals surface area contributed by atoms with E-state index in [-0.39, 0.29) is 0 Å². The summed E-state index contributed by atoms with van der Waals surface area (Å²) in [6.45, 7) is 6.43. The molecule has 0 amide bonds. The highest BCUT2D eigenvalue weighted by Crippen LogP contribution is 2.13. The van der Waals surface area contributed by atoms with Gasteiger partial charge in [0.2, 0.25) is 0 Å². The predicted molar refractivity (Wildman–Crippen MR) is 76.7 cm³/mol. The van der Waals surface area contributed by atoms with Crippen LogP contribution in [-0.2, 0) is 4.74 Å². The zero-order valence-electron chi connectivity index (χ0n) is 11.7. The second-order valence-electron chi connectivity index (χ2n) is 4.79. The molecule has 0 spiro atoms. The van der Waals surface area contributed by atoms with Gasteiger partial charge in [-0.3, -0.25) is 0 Å². The lowest BCUT2D eigenvalue weighted by molar-refractivity contribution is 0.0790. The Balaban J connectivity index is 1.91. The molecule has 0 saturated carbocycles. The number of ether oxygens (including phenoxy) is 1. The van der Waals surface area contributed by atoms with Gasteiger partial charge >= 0.3 is 0 Å². The van der Waals surface area contributed by atoms with Gasteiger partial charge in [-0.05, 0) is 6.42 Å². The molecule has 1 aromatic rings. The van der Waals surface area contributed by atoms with E-state index < -0.39 is 0 Å². The quantitative estimate of drug-likeness (QED) is 0.790. The highest BCUT2D eigenvalue weighted by molar-refractivity contribution is 5.47. The van der Waals surface area contributed by atoms with Crippen molar-refractivity contribution in [3.05, 3.63) is 12.4 Å². The number of nitrogens with zero attached hydrogens (tertiary/aromatic N) is 3. The molecule has 106 valence electrons. The monoisotopic (exact) mass is 265 g/mol. The van der Waals surface area contributed by atoms with Crippen LogP contribution in [0.15, 0.2) is 12.4 Å². The van der Waals surface area contributed by atoms with E-state index in [1.54, 1.807) is 6.33 Å². The van der Waals surface area contributed by atoms with Gasteiger partial charge in [-0.25, -0.2) is 9.97 Å². The minimum Gasteiger partial charge on any atom is -0.378 e. The summed E-state index contributed by atoms with van der Waals surface area (Å²) in [5.41, 5.74) is 0. The SMILES string of the molecule is CCCNc1cc(N(C)CC2COCCN2)ncn1. The largest absolute Gasteiger partial charge is 0.378 e. The molecule has 0 radical (unpaired) electrons. The molecule has 1 fully saturated rings. The number of likely N-dealkylation sites (N-methyl/N-ethyl adjacent to an activating group) is 1. The van der Waals surface area contributed by atoms with Crippen LogP contribution in [0.25, 0.3) is 0 Å². The van der Waals surface area contributed by atoms with Gasteiger partial charge in [-0.2, -0.15) is 0 Å². The maximum Gasteiger partial charge on any atom is 0.133 e. The minimum atomic E-state index is 0.362. The van der Waals surface area contributed by atoms with Gasteiger partial charge in [-0.15, -0.1) is 0 Å². The van der Waals surface area contributed by atoms with Gasteiger partial charge in [0.05, 0.1) is 13.2 Å². The maximum absolute atomic E-state index is 5.46. The van der Waals surface area contributed by atoms with Crippen molar-refractivity contribution in [3.8, 4) is 0 Å². The van der Waals surface area contributed by atoms with Crippen LogP contribution >= 0.6 is 0 Å². The molecule has 19 heavy (non-hydrogen) atoms. The summed E-state index contributed by atoms with van der Waals surface area (Å²) < 4.78 is 5.46. The van der Waals surface area contributed by atoms with Gasteiger partial charge < -0.3 is 20.3 Å². The number of anilines is 2. The van der Waals surface area contributed by atoms with Crippen molar-refractivity contribution in [2.45, 2.75) is 19.4 Å². The first-order chi connectivity index (χ1) is 9.29. The van der Waals surface area contributed by atoms with Crippen LogP contribution in [0, 0.1) is 0 Å². The molecule has 1 saturated heterocycles. The average molecular weight is 265 g/mol. The molecule has 1 atom stereocenters. The number of rotatable bonds is 6. The molecular weight excluding hydrogens is 242 g/mol. The Bertz CT molecular complexity index is 381. The van der Waals surface area contributed by atoms with E-state index in [2.05, 4.69) is 32.4 Å². The van der Waals surface area contributed by atoms with Gasteiger partial charge in [0.25, 0.3) is 0 Å². The molecule has 1 aliphatic heterocycles. The van der Waals surface area contributed by atoms with E-state index in [0.29, 0.717) is 6.04 Å². The fourth-order valence-electron chi connectivity index (χ4n) is 2.07. The van der Waals surface area contributed by atoms with Crippen LogP contribution in [0.1, 0.15) is 13.3 Å². The zero-order valence-corrected chi connectivity index (χ0v) is 11.7. The van der Waals surface area contributed by atoms with E-state index in [0.717, 1.165) is 50.9 Å². The molecule has 2 N–H and O–H groups in total. The molecule has 0 bridgehead atoms. The summed E-state index contributed by atoms with van der Waals surface area (Å²) in [5.74, 6) is 1.81. The van der Waals surface area contributed by atoms with Crippen molar-refractivity contribution in [1.82, 2.24) is 15.3 Å². The number of hydrogen-bond donors (Lipinski definition) is 2. The van der Waals surface area contributed by atoms with Crippen LogP contribution in [0.4, 0.5) is 11.6 Å². The molecule has 2 heterocycles. The normalized spacial score (nSPS) is 19.2. The van der Waals surface area contributed by atoms with Crippen LogP contribution < -0.4 is 15.5 Å². The summed E-state index contributed by atoms with van der Waals surface area (Å²) in [6, 6.07) is 2.35. The molecule has 6 heteroatoms. The van der Waals surface area contributed by atoms with Crippen molar-refractivity contribution < 1.29 is 4.74 Å². The Kier molecular flexibility index (Phi) is 5.35. The van der Waals surface area contributed by atoms with E-state index in [1.165, 1.54) is 0 Å². The lowest BCUT2D eigenvalue weighted by Gasteiger charge is -2.28. The van der Waals surface area contributed by atoms with Crippen molar-refractivity contribution in [3.63, 3.8) is 0 Å². The summed E-state index contributed by atoms with van der Waals surface area (Å²) in [5, 5.41) is 6.72. The summed E-state index contributed by atoms with van der Waals surface area (Å²) in [4.78, 5) is 10.7. The Labute approximate surface area is 114 Å². The van der Waals surface area contributed by atoms with Gasteiger partial charge in [-0.1, -0.05) is 6.92 Å². The van der Waals surface area contributed by atoms with E-state index in [9.17, 15) is 0 Å². The highest BCUT2D eigenvalue weighted by Gasteiger charge is 2.16. The maximum atomic E-state index is 5.46. The van der Waals surface area contributed by atoms with Crippen molar-refractivity contribution in [2.24, 2.45) is 0 Å². The molecule has 6 nitrogen and oxygen atoms in total. The van der Waals surface area contributed by atoms with Crippen LogP contribution in [0.3, 0.4) is 0 Å². The zero-order chi connectivity index (χ0) is 13.5. The minimum absolute atomic E-state index is 0.362. The Morgan fingerprint density at radius 2 is 2.42 bits per heavy atom. The fourth-order valence-corrected chi connectivity index (χ4v) is 2.07. The highest BCUT2D eigenvalue weighted by atomic mass is 16.5. The Hall–Kier alpha value is -1.40. The number of hydrogen-bond acceptors (Lipinski definition) is 6. The van der Waals surface area contributed by atoms with Crippen molar-refractivity contribution >= 4 is 11.6 Å². The number of morpholine rings is 1. The number of aromatic nitrogens is 2. The molecule has 1 aromatic heterocycles. The Morgan fingerprint density at radius 1 is 1.53 bits per heavy atom. The summed E-state index contributed by atoms with van der Waals surface area (Å²) >= 11 is 0. The van der Waals surface area contributed by atoms with Gasteiger partial charge in [0.1, 0.15) is 18.0 Å².